The van der Waals surface area contributed by atoms with Crippen LogP contribution in [0.5, 0.6) is 0 Å². The quantitative estimate of drug-likeness (QED) is 0.234. The van der Waals surface area contributed by atoms with Crippen molar-refractivity contribution >= 4 is 43.5 Å². The molecule has 0 bridgehead atoms. The molecule has 0 fully saturated rings. The molecule has 9 rings (SSSR count). The van der Waals surface area contributed by atoms with Crippen LogP contribution >= 0.6 is 0 Å². The molecule has 0 aliphatic heterocycles. The molecule has 1 aliphatic rings. The minimum absolute atomic E-state index is 1.05. The van der Waals surface area contributed by atoms with E-state index in [2.05, 4.69) is 126 Å². The highest BCUT2D eigenvalue weighted by atomic mass is 15.0. The standard InChI is InChI=1S/C37H22N2/c1-2-9-28-27(8-1)30-12-5-11-29-26(19-20-31(28)35(29)30)23-14-17-25(18-15-23)39-33-13-4-3-10-32(33)36-34(39)21-16-24-7-6-22-38-37(24)36/h1-22H. The third kappa shape index (κ3) is 2.78. The molecule has 2 nitrogen and oxygen atoms in total. The molecule has 0 saturated heterocycles. The van der Waals surface area contributed by atoms with Gasteiger partial charge in [-0.1, -0.05) is 97.1 Å². The van der Waals surface area contributed by atoms with Gasteiger partial charge in [-0.3, -0.25) is 4.98 Å². The summed E-state index contributed by atoms with van der Waals surface area (Å²) >= 11 is 0. The third-order valence-electron chi connectivity index (χ3n) is 8.39. The van der Waals surface area contributed by atoms with Crippen LogP contribution in [0.3, 0.4) is 0 Å². The molecule has 0 amide bonds. The minimum Gasteiger partial charge on any atom is -0.309 e. The van der Waals surface area contributed by atoms with Gasteiger partial charge in [0.15, 0.2) is 0 Å². The number of benzene rings is 6. The van der Waals surface area contributed by atoms with E-state index in [1.54, 1.807) is 0 Å². The Labute approximate surface area is 225 Å². The Kier molecular flexibility index (Phi) is 4.08. The average molecular weight is 495 g/mol. The van der Waals surface area contributed by atoms with E-state index < -0.39 is 0 Å². The summed E-state index contributed by atoms with van der Waals surface area (Å²) in [7, 11) is 0. The molecule has 180 valence electrons. The number of fused-ring (bicyclic) bond motifs is 8. The molecule has 39 heavy (non-hydrogen) atoms. The monoisotopic (exact) mass is 494 g/mol. The second-order valence-corrected chi connectivity index (χ2v) is 10.4. The molecule has 0 N–H and O–H groups in total. The minimum atomic E-state index is 1.05. The predicted molar refractivity (Wildman–Crippen MR) is 163 cm³/mol. The fourth-order valence-electron chi connectivity index (χ4n) is 6.72. The topological polar surface area (TPSA) is 17.8 Å². The van der Waals surface area contributed by atoms with Crippen LogP contribution in [0.4, 0.5) is 0 Å². The largest absolute Gasteiger partial charge is 0.309 e. The van der Waals surface area contributed by atoms with E-state index >= 15 is 0 Å². The van der Waals surface area contributed by atoms with Crippen molar-refractivity contribution in [2.24, 2.45) is 0 Å². The molecule has 6 aromatic carbocycles. The summed E-state index contributed by atoms with van der Waals surface area (Å²) in [5, 5.41) is 6.27. The number of para-hydroxylation sites is 1. The van der Waals surface area contributed by atoms with Gasteiger partial charge in [-0.05, 0) is 74.5 Å². The lowest BCUT2D eigenvalue weighted by Crippen LogP contribution is -1.94. The van der Waals surface area contributed by atoms with E-state index in [0.29, 0.717) is 0 Å². The van der Waals surface area contributed by atoms with Crippen LogP contribution in [0.25, 0.3) is 82.5 Å². The van der Waals surface area contributed by atoms with Crippen LogP contribution in [-0.2, 0) is 0 Å². The van der Waals surface area contributed by atoms with Gasteiger partial charge < -0.3 is 4.57 Å². The number of rotatable bonds is 2. The van der Waals surface area contributed by atoms with Crippen molar-refractivity contribution < 1.29 is 0 Å². The first-order valence-electron chi connectivity index (χ1n) is 13.4. The van der Waals surface area contributed by atoms with Gasteiger partial charge >= 0.3 is 0 Å². The molecule has 0 unspecified atom stereocenters. The summed E-state index contributed by atoms with van der Waals surface area (Å²) in [4.78, 5) is 4.77. The molecule has 0 spiro atoms. The van der Waals surface area contributed by atoms with E-state index in [4.69, 9.17) is 4.98 Å². The van der Waals surface area contributed by atoms with Crippen molar-refractivity contribution in [1.82, 2.24) is 9.55 Å². The molecule has 0 atom stereocenters. The second kappa shape index (κ2) is 7.66. The fourth-order valence-corrected chi connectivity index (χ4v) is 6.72. The van der Waals surface area contributed by atoms with Crippen molar-refractivity contribution in [3.63, 3.8) is 0 Å². The Bertz CT molecular complexity index is 2240. The Morgan fingerprint density at radius 1 is 0.436 bits per heavy atom. The molecular weight excluding hydrogens is 472 g/mol. The first-order valence-corrected chi connectivity index (χ1v) is 13.4. The summed E-state index contributed by atoms with van der Waals surface area (Å²) in [6.45, 7) is 0. The van der Waals surface area contributed by atoms with Gasteiger partial charge in [0.2, 0.25) is 0 Å². The molecule has 2 heterocycles. The molecular formula is C37H22N2. The van der Waals surface area contributed by atoms with Crippen molar-refractivity contribution in [3.8, 4) is 39.1 Å². The third-order valence-corrected chi connectivity index (χ3v) is 8.39. The van der Waals surface area contributed by atoms with Gasteiger partial charge in [-0.25, -0.2) is 0 Å². The average Bonchev–Trinajstić information content (AvgIpc) is 3.52. The summed E-state index contributed by atoms with van der Waals surface area (Å²) in [5.74, 6) is 0. The predicted octanol–water partition coefficient (Wildman–Crippen LogP) is 9.80. The molecule has 0 radical (unpaired) electrons. The van der Waals surface area contributed by atoms with Crippen LogP contribution in [-0.4, -0.2) is 9.55 Å². The van der Waals surface area contributed by atoms with Gasteiger partial charge in [-0.2, -0.15) is 0 Å². The molecule has 2 aromatic heterocycles. The van der Waals surface area contributed by atoms with Crippen LogP contribution in [0.2, 0.25) is 0 Å². The van der Waals surface area contributed by atoms with Crippen molar-refractivity contribution in [2.75, 3.05) is 0 Å². The van der Waals surface area contributed by atoms with Gasteiger partial charge in [-0.15, -0.1) is 0 Å². The zero-order valence-corrected chi connectivity index (χ0v) is 21.1. The number of aromatic nitrogens is 2. The van der Waals surface area contributed by atoms with E-state index in [1.807, 2.05) is 12.3 Å². The Morgan fingerprint density at radius 2 is 1.15 bits per heavy atom. The SMILES string of the molecule is c1ccc2c(c1)-c1cccc3c(-c4ccc(-n5c6ccccc6c6c7ncccc7ccc65)cc4)ccc-2c13. The first kappa shape index (κ1) is 20.8. The molecule has 2 heteroatoms. The lowest BCUT2D eigenvalue weighted by molar-refractivity contribution is 1.18. The summed E-state index contributed by atoms with van der Waals surface area (Å²) in [6.07, 6.45) is 1.89. The number of hydrogen-bond acceptors (Lipinski definition) is 1. The van der Waals surface area contributed by atoms with Crippen molar-refractivity contribution in [1.29, 1.82) is 0 Å². The van der Waals surface area contributed by atoms with Crippen LogP contribution in [0.1, 0.15) is 0 Å². The lowest BCUT2D eigenvalue weighted by atomic mass is 9.94. The van der Waals surface area contributed by atoms with Crippen LogP contribution < -0.4 is 0 Å². The second-order valence-electron chi connectivity index (χ2n) is 10.4. The summed E-state index contributed by atoms with van der Waals surface area (Å²) in [6, 6.07) is 46.3. The van der Waals surface area contributed by atoms with Gasteiger partial charge in [0.05, 0.1) is 16.6 Å². The summed E-state index contributed by atoms with van der Waals surface area (Å²) in [5.41, 5.74) is 12.4. The highest BCUT2D eigenvalue weighted by molar-refractivity contribution is 6.20. The smallest absolute Gasteiger partial charge is 0.0802 e. The van der Waals surface area contributed by atoms with E-state index in [0.717, 1.165) is 16.6 Å². The highest BCUT2D eigenvalue weighted by Gasteiger charge is 2.22. The van der Waals surface area contributed by atoms with Crippen LogP contribution in [0, 0.1) is 0 Å². The van der Waals surface area contributed by atoms with Gasteiger partial charge in [0.25, 0.3) is 0 Å². The van der Waals surface area contributed by atoms with E-state index in [1.165, 1.54) is 66.0 Å². The number of hydrogen-bond donors (Lipinski definition) is 0. The van der Waals surface area contributed by atoms with E-state index in [-0.39, 0.29) is 0 Å². The molecule has 8 aromatic rings. The normalized spacial score (nSPS) is 12.1. The Balaban J connectivity index is 1.24. The molecule has 1 aliphatic carbocycles. The van der Waals surface area contributed by atoms with Crippen molar-refractivity contribution in [3.05, 3.63) is 134 Å². The highest BCUT2D eigenvalue weighted by Crippen LogP contribution is 2.49. The number of nitrogens with zero attached hydrogens (tertiary/aromatic N) is 2. The van der Waals surface area contributed by atoms with Crippen LogP contribution in [0.15, 0.2) is 134 Å². The van der Waals surface area contributed by atoms with E-state index in [9.17, 15) is 0 Å². The lowest BCUT2D eigenvalue weighted by Gasteiger charge is -2.12. The maximum atomic E-state index is 4.77. The fraction of sp³-hybridized carbons (Fsp3) is 0. The summed E-state index contributed by atoms with van der Waals surface area (Å²) < 4.78 is 2.37. The zero-order valence-electron chi connectivity index (χ0n) is 21.1. The van der Waals surface area contributed by atoms with Gasteiger partial charge in [0.1, 0.15) is 0 Å². The zero-order chi connectivity index (χ0) is 25.5. The maximum Gasteiger partial charge on any atom is 0.0802 e. The van der Waals surface area contributed by atoms with Gasteiger partial charge in [0, 0.05) is 28.0 Å². The Hall–Kier alpha value is -5.21. The Morgan fingerprint density at radius 3 is 2.03 bits per heavy atom. The maximum absolute atomic E-state index is 4.77. The first-order chi connectivity index (χ1) is 19.4. The van der Waals surface area contributed by atoms with Crippen molar-refractivity contribution in [2.45, 2.75) is 0 Å². The molecule has 0 saturated carbocycles. The number of pyridine rings is 1.